The summed E-state index contributed by atoms with van der Waals surface area (Å²) in [6.45, 7) is 0. The van der Waals surface area contributed by atoms with Crippen LogP contribution in [0.4, 0.5) is 0 Å². The number of nitrogens with zero attached hydrogens (tertiary/aromatic N) is 2. The van der Waals surface area contributed by atoms with Crippen LogP contribution in [0.15, 0.2) is 42.6 Å². The highest BCUT2D eigenvalue weighted by Crippen LogP contribution is 2.24. The zero-order chi connectivity index (χ0) is 11.1. The van der Waals surface area contributed by atoms with Gasteiger partial charge in [0.15, 0.2) is 0 Å². The van der Waals surface area contributed by atoms with Gasteiger partial charge in [0.05, 0.1) is 0 Å². The summed E-state index contributed by atoms with van der Waals surface area (Å²) in [5, 5.41) is 17.2. The molecular weight excluding hydrogens is 315 g/mol. The van der Waals surface area contributed by atoms with Crippen LogP contribution >= 0.6 is 22.6 Å². The van der Waals surface area contributed by atoms with Crippen molar-refractivity contribution >= 4 is 39.0 Å². The topological polar surface area (TPSA) is 40.1 Å². The fraction of sp³-hybridized carbons (Fsp3) is 0. The number of hydrogen-bond acceptors (Lipinski definition) is 2. The summed E-state index contributed by atoms with van der Waals surface area (Å²) in [7, 11) is 0. The Hall–Kier alpha value is -1.43. The predicted molar refractivity (Wildman–Crippen MR) is 67.1 cm³/mol. The Morgan fingerprint density at radius 2 is 2.06 bits per heavy atom. The Bertz CT molecular complexity index is 697. The molecule has 0 fully saturated rings. The molecule has 0 N–H and O–H groups in total. The fourth-order valence-electron chi connectivity index (χ4n) is 1.73. The zero-order valence-electron chi connectivity index (χ0n) is 8.22. The summed E-state index contributed by atoms with van der Waals surface area (Å²) in [6.07, 6.45) is 1.79. The van der Waals surface area contributed by atoms with Crippen LogP contribution in [0.25, 0.3) is 16.4 Å². The van der Waals surface area contributed by atoms with Gasteiger partial charge in [0.25, 0.3) is 0 Å². The maximum Gasteiger partial charge on any atom is 0.231 e. The van der Waals surface area contributed by atoms with Gasteiger partial charge in [-0.3, -0.25) is 0 Å². The Morgan fingerprint density at radius 1 is 1.19 bits per heavy atom. The summed E-state index contributed by atoms with van der Waals surface area (Å²) < 4.78 is 2.67. The average molecular weight is 322 g/mol. The van der Waals surface area contributed by atoms with Crippen LogP contribution in [0.1, 0.15) is 0 Å². The van der Waals surface area contributed by atoms with Crippen molar-refractivity contribution in [1.29, 1.82) is 0 Å². The van der Waals surface area contributed by atoms with Crippen molar-refractivity contribution in [2.45, 2.75) is 0 Å². The molecule has 78 valence electrons. The Balaban J connectivity index is 2.56. The second kappa shape index (κ2) is 3.55. The van der Waals surface area contributed by atoms with Gasteiger partial charge in [0.2, 0.25) is 11.7 Å². The molecule has 0 radical (unpaired) electrons. The first kappa shape index (κ1) is 9.77. The van der Waals surface area contributed by atoms with Crippen molar-refractivity contribution in [3.05, 3.63) is 46.2 Å². The molecule has 0 aliphatic carbocycles. The van der Waals surface area contributed by atoms with E-state index in [2.05, 4.69) is 27.7 Å². The van der Waals surface area contributed by atoms with Gasteiger partial charge >= 0.3 is 0 Å². The zero-order valence-corrected chi connectivity index (χ0v) is 10.4. The molecule has 3 rings (SSSR count). The van der Waals surface area contributed by atoms with Gasteiger partial charge < -0.3 is 5.11 Å². The van der Waals surface area contributed by atoms with Crippen molar-refractivity contribution in [1.82, 2.24) is 5.10 Å². The van der Waals surface area contributed by atoms with Crippen LogP contribution in [0.3, 0.4) is 0 Å². The third kappa shape index (κ3) is 1.41. The molecule has 0 saturated heterocycles. The van der Waals surface area contributed by atoms with Crippen molar-refractivity contribution in [2.75, 3.05) is 0 Å². The van der Waals surface area contributed by atoms with Crippen LogP contribution in [0, 0.1) is 3.57 Å². The molecule has 0 amide bonds. The summed E-state index contributed by atoms with van der Waals surface area (Å²) in [6, 6.07) is 11.2. The molecule has 0 unspecified atom stereocenters. The van der Waals surface area contributed by atoms with Crippen LogP contribution in [0.5, 0.6) is 5.75 Å². The lowest BCUT2D eigenvalue weighted by Gasteiger charge is -2.08. The lowest BCUT2D eigenvalue weighted by atomic mass is 10.2. The van der Waals surface area contributed by atoms with E-state index in [4.69, 9.17) is 0 Å². The van der Waals surface area contributed by atoms with Crippen LogP contribution in [0.2, 0.25) is 0 Å². The third-order valence-corrected chi connectivity index (χ3v) is 3.16. The Morgan fingerprint density at radius 3 is 2.94 bits per heavy atom. The molecule has 4 heteroatoms. The SMILES string of the molecule is [O-]c1c2cc(I)ccc2n[n+]2ccccc12. The number of halogens is 1. The molecule has 3 aromatic rings. The average Bonchev–Trinajstić information content (AvgIpc) is 2.31. The maximum atomic E-state index is 12.2. The highest BCUT2D eigenvalue weighted by atomic mass is 127. The van der Waals surface area contributed by atoms with Crippen molar-refractivity contribution in [3.63, 3.8) is 0 Å². The molecular formula is C12H7IN2O. The van der Waals surface area contributed by atoms with Gasteiger partial charge in [-0.1, -0.05) is 4.52 Å². The van der Waals surface area contributed by atoms with E-state index < -0.39 is 0 Å². The van der Waals surface area contributed by atoms with Gasteiger partial charge in [-0.15, -0.1) is 0 Å². The highest BCUT2D eigenvalue weighted by Gasteiger charge is 2.08. The lowest BCUT2D eigenvalue weighted by Crippen LogP contribution is -2.27. The van der Waals surface area contributed by atoms with E-state index in [0.717, 1.165) is 9.09 Å². The molecule has 1 aromatic carbocycles. The molecule has 0 aliphatic heterocycles. The monoisotopic (exact) mass is 322 g/mol. The van der Waals surface area contributed by atoms with Crippen LogP contribution in [-0.2, 0) is 0 Å². The lowest BCUT2D eigenvalue weighted by molar-refractivity contribution is -0.580. The number of benzene rings is 1. The molecule has 0 aliphatic rings. The van der Waals surface area contributed by atoms with Crippen LogP contribution < -0.4 is 9.62 Å². The second-order valence-electron chi connectivity index (χ2n) is 3.52. The van der Waals surface area contributed by atoms with E-state index in [1.807, 2.05) is 30.3 Å². The summed E-state index contributed by atoms with van der Waals surface area (Å²) >= 11 is 2.19. The Kier molecular flexibility index (Phi) is 2.17. The third-order valence-electron chi connectivity index (χ3n) is 2.49. The van der Waals surface area contributed by atoms with Gasteiger partial charge in [0.1, 0.15) is 5.52 Å². The smallest absolute Gasteiger partial charge is 0.231 e. The molecule has 0 spiro atoms. The molecule has 16 heavy (non-hydrogen) atoms. The maximum absolute atomic E-state index is 12.2. The van der Waals surface area contributed by atoms with E-state index in [0.29, 0.717) is 10.9 Å². The minimum Gasteiger partial charge on any atom is -0.867 e. The van der Waals surface area contributed by atoms with Crippen molar-refractivity contribution < 1.29 is 9.62 Å². The minimum atomic E-state index is 0.0316. The van der Waals surface area contributed by atoms with E-state index >= 15 is 0 Å². The van der Waals surface area contributed by atoms with Crippen LogP contribution in [-0.4, -0.2) is 5.10 Å². The van der Waals surface area contributed by atoms with E-state index in [1.54, 1.807) is 16.8 Å². The number of aromatic nitrogens is 2. The standard InChI is InChI=1S/C12H7IN2O/c13-8-4-5-10-9(7-8)12(16)11-3-1-2-6-15(11)14-10/h1-7H. The normalized spacial score (nSPS) is 11.1. The molecule has 0 saturated carbocycles. The van der Waals surface area contributed by atoms with Gasteiger partial charge in [-0.2, -0.15) is 0 Å². The predicted octanol–water partition coefficient (Wildman–Crippen LogP) is 1.65. The van der Waals surface area contributed by atoms with E-state index in [-0.39, 0.29) is 5.75 Å². The number of hydrogen-bond donors (Lipinski definition) is 0. The molecule has 0 atom stereocenters. The minimum absolute atomic E-state index is 0.0316. The summed E-state index contributed by atoms with van der Waals surface area (Å²) in [5.41, 5.74) is 1.34. The van der Waals surface area contributed by atoms with Gasteiger partial charge in [0, 0.05) is 26.2 Å². The second-order valence-corrected chi connectivity index (χ2v) is 4.77. The van der Waals surface area contributed by atoms with Gasteiger partial charge in [-0.05, 0) is 52.6 Å². The highest BCUT2D eigenvalue weighted by molar-refractivity contribution is 14.1. The number of pyridine rings is 1. The van der Waals surface area contributed by atoms with Gasteiger partial charge in [-0.25, -0.2) is 0 Å². The van der Waals surface area contributed by atoms with Crippen molar-refractivity contribution in [3.8, 4) is 5.75 Å². The molecule has 2 heterocycles. The number of rotatable bonds is 0. The summed E-state index contributed by atoms with van der Waals surface area (Å²) in [5.74, 6) is 0.0316. The van der Waals surface area contributed by atoms with E-state index in [9.17, 15) is 5.11 Å². The first-order valence-electron chi connectivity index (χ1n) is 4.83. The largest absolute Gasteiger partial charge is 0.867 e. The first-order chi connectivity index (χ1) is 7.75. The van der Waals surface area contributed by atoms with Crippen molar-refractivity contribution in [2.24, 2.45) is 0 Å². The Labute approximate surface area is 105 Å². The first-order valence-corrected chi connectivity index (χ1v) is 5.90. The van der Waals surface area contributed by atoms with E-state index in [1.165, 1.54) is 0 Å². The summed E-state index contributed by atoms with van der Waals surface area (Å²) in [4.78, 5) is 0. The molecule has 0 bridgehead atoms. The number of fused-ring (bicyclic) bond motifs is 2. The quantitative estimate of drug-likeness (QED) is 0.359. The molecule has 2 aromatic heterocycles. The fourth-order valence-corrected chi connectivity index (χ4v) is 2.22. The molecule has 3 nitrogen and oxygen atoms in total.